The van der Waals surface area contributed by atoms with Gasteiger partial charge in [-0.2, -0.15) is 26.3 Å². The minimum absolute atomic E-state index is 0.00504. The van der Waals surface area contributed by atoms with Gasteiger partial charge in [0.2, 0.25) is 0 Å². The maximum Gasteiger partial charge on any atom is 0.418 e. The zero-order valence-electron chi connectivity index (χ0n) is 16.4. The highest BCUT2D eigenvalue weighted by Crippen LogP contribution is 2.36. The maximum absolute atomic E-state index is 13.5. The molecule has 3 rings (SSSR count). The highest BCUT2D eigenvalue weighted by atomic mass is 19.4. The molecule has 3 aromatic rings. The van der Waals surface area contributed by atoms with Crippen LogP contribution in [0.1, 0.15) is 34.0 Å². The first-order chi connectivity index (χ1) is 15.1. The van der Waals surface area contributed by atoms with Gasteiger partial charge in [-0.15, -0.1) is 0 Å². The molecule has 2 heterocycles. The number of nitrogens with one attached hydrogen (secondary N) is 1. The van der Waals surface area contributed by atoms with Crippen molar-refractivity contribution in [2.45, 2.75) is 24.8 Å². The minimum atomic E-state index is -4.74. The van der Waals surface area contributed by atoms with Gasteiger partial charge in [-0.25, -0.2) is 0 Å². The van der Waals surface area contributed by atoms with Crippen molar-refractivity contribution in [2.75, 3.05) is 6.54 Å². The SMILES string of the molecule is O=C(CNC(c1ccc(C(F)(F)F)cc1)c1ncccc1C(F)(F)F)Cc1cccnc1. The Morgan fingerprint density at radius 1 is 0.906 bits per heavy atom. The van der Waals surface area contributed by atoms with E-state index in [1.165, 1.54) is 12.4 Å². The summed E-state index contributed by atoms with van der Waals surface area (Å²) in [6.45, 7) is -0.325. The van der Waals surface area contributed by atoms with E-state index in [2.05, 4.69) is 15.3 Å². The van der Waals surface area contributed by atoms with E-state index in [1.54, 1.807) is 12.1 Å². The predicted octanol–water partition coefficient (Wildman–Crippen LogP) is 5.01. The molecular formula is C22H17F6N3O. The average molecular weight is 453 g/mol. The Morgan fingerprint density at radius 2 is 1.59 bits per heavy atom. The van der Waals surface area contributed by atoms with Crippen LogP contribution in [0, 0.1) is 0 Å². The highest BCUT2D eigenvalue weighted by molar-refractivity contribution is 5.82. The molecule has 1 atom stereocenters. The van der Waals surface area contributed by atoms with Crippen molar-refractivity contribution in [3.63, 3.8) is 0 Å². The molecule has 10 heteroatoms. The lowest BCUT2D eigenvalue weighted by Crippen LogP contribution is -2.31. The number of rotatable bonds is 7. The topological polar surface area (TPSA) is 54.9 Å². The van der Waals surface area contributed by atoms with E-state index in [9.17, 15) is 31.1 Å². The number of carbonyl (C=O) groups is 1. The van der Waals surface area contributed by atoms with Crippen molar-refractivity contribution in [3.05, 3.63) is 95.1 Å². The third kappa shape index (κ3) is 5.91. The van der Waals surface area contributed by atoms with Gasteiger partial charge >= 0.3 is 12.4 Å². The molecule has 4 nitrogen and oxygen atoms in total. The third-order valence-electron chi connectivity index (χ3n) is 4.62. The molecule has 0 aliphatic carbocycles. The number of aromatic nitrogens is 2. The molecule has 0 fully saturated rings. The number of alkyl halides is 6. The van der Waals surface area contributed by atoms with Crippen LogP contribution in [-0.2, 0) is 23.6 Å². The maximum atomic E-state index is 13.5. The van der Waals surface area contributed by atoms with Crippen molar-refractivity contribution in [1.82, 2.24) is 15.3 Å². The van der Waals surface area contributed by atoms with Crippen LogP contribution in [0.4, 0.5) is 26.3 Å². The van der Waals surface area contributed by atoms with Gasteiger partial charge < -0.3 is 0 Å². The molecule has 0 aliphatic rings. The number of halogens is 6. The Morgan fingerprint density at radius 3 is 2.19 bits per heavy atom. The summed E-state index contributed by atoms with van der Waals surface area (Å²) in [5, 5.41) is 2.73. The van der Waals surface area contributed by atoms with Crippen LogP contribution >= 0.6 is 0 Å². The monoisotopic (exact) mass is 453 g/mol. The summed E-state index contributed by atoms with van der Waals surface area (Å²) in [4.78, 5) is 20.1. The second-order valence-electron chi connectivity index (χ2n) is 6.94. The molecule has 2 aromatic heterocycles. The lowest BCUT2D eigenvalue weighted by atomic mass is 9.97. The molecule has 1 N–H and O–H groups in total. The molecule has 0 spiro atoms. The van der Waals surface area contributed by atoms with Crippen LogP contribution in [0.15, 0.2) is 67.1 Å². The van der Waals surface area contributed by atoms with E-state index in [-0.39, 0.29) is 24.3 Å². The molecule has 0 radical (unpaired) electrons. The predicted molar refractivity (Wildman–Crippen MR) is 103 cm³/mol. The number of benzene rings is 1. The van der Waals surface area contributed by atoms with Crippen molar-refractivity contribution < 1.29 is 31.1 Å². The van der Waals surface area contributed by atoms with E-state index < -0.39 is 35.2 Å². The summed E-state index contributed by atoms with van der Waals surface area (Å²) in [5.41, 5.74) is -1.69. The van der Waals surface area contributed by atoms with Crippen LogP contribution in [0.25, 0.3) is 0 Å². The fraction of sp³-hybridized carbons (Fsp3) is 0.227. The van der Waals surface area contributed by atoms with Crippen LogP contribution in [-0.4, -0.2) is 22.3 Å². The zero-order chi connectivity index (χ0) is 23.4. The lowest BCUT2D eigenvalue weighted by molar-refractivity contribution is -0.139. The molecule has 0 bridgehead atoms. The van der Waals surface area contributed by atoms with Gasteiger partial charge in [0, 0.05) is 25.0 Å². The quantitative estimate of drug-likeness (QED) is 0.512. The van der Waals surface area contributed by atoms with Crippen molar-refractivity contribution in [1.29, 1.82) is 0 Å². The number of hydrogen-bond donors (Lipinski definition) is 1. The van der Waals surface area contributed by atoms with Crippen LogP contribution < -0.4 is 5.32 Å². The Bertz CT molecular complexity index is 1050. The average Bonchev–Trinajstić information content (AvgIpc) is 2.74. The fourth-order valence-corrected chi connectivity index (χ4v) is 3.13. The van der Waals surface area contributed by atoms with Crippen LogP contribution in [0.5, 0.6) is 0 Å². The minimum Gasteiger partial charge on any atom is -0.298 e. The Kier molecular flexibility index (Phi) is 6.93. The Labute approximate surface area is 179 Å². The molecule has 32 heavy (non-hydrogen) atoms. The summed E-state index contributed by atoms with van der Waals surface area (Å²) >= 11 is 0. The molecule has 0 amide bonds. The second kappa shape index (κ2) is 9.47. The first kappa shape index (κ1) is 23.4. The van der Waals surface area contributed by atoms with E-state index in [1.807, 2.05) is 0 Å². The molecule has 1 aromatic carbocycles. The summed E-state index contributed by atoms with van der Waals surface area (Å²) in [5.74, 6) is -0.334. The summed E-state index contributed by atoms with van der Waals surface area (Å²) in [6.07, 6.45) is -5.16. The molecule has 0 saturated heterocycles. The largest absolute Gasteiger partial charge is 0.418 e. The van der Waals surface area contributed by atoms with Gasteiger partial charge in [0.15, 0.2) is 5.78 Å². The smallest absolute Gasteiger partial charge is 0.298 e. The van der Waals surface area contributed by atoms with E-state index in [0.717, 1.165) is 42.6 Å². The van der Waals surface area contributed by atoms with Crippen LogP contribution in [0.2, 0.25) is 0 Å². The van der Waals surface area contributed by atoms with Gasteiger partial charge in [0.05, 0.1) is 29.4 Å². The number of ketones is 1. The first-order valence-electron chi connectivity index (χ1n) is 9.39. The number of hydrogen-bond acceptors (Lipinski definition) is 4. The summed E-state index contributed by atoms with van der Waals surface area (Å²) < 4.78 is 79.3. The Hall–Kier alpha value is -3.27. The van der Waals surface area contributed by atoms with E-state index >= 15 is 0 Å². The first-order valence-corrected chi connectivity index (χ1v) is 9.39. The lowest BCUT2D eigenvalue weighted by Gasteiger charge is -2.22. The van der Waals surface area contributed by atoms with Crippen molar-refractivity contribution in [3.8, 4) is 0 Å². The van der Waals surface area contributed by atoms with Crippen molar-refractivity contribution >= 4 is 5.78 Å². The number of pyridine rings is 2. The standard InChI is InChI=1S/C22H17F6N3O/c23-21(24,25)16-7-5-15(6-8-16)19(20-18(22(26,27)28)4-2-10-30-20)31-13-17(32)11-14-3-1-9-29-12-14/h1-10,12,19,31H,11,13H2. The number of carbonyl (C=O) groups excluding carboxylic acids is 1. The van der Waals surface area contributed by atoms with E-state index in [4.69, 9.17) is 0 Å². The molecule has 168 valence electrons. The summed E-state index contributed by atoms with van der Waals surface area (Å²) in [6, 6.07) is 7.70. The van der Waals surface area contributed by atoms with E-state index in [0.29, 0.717) is 5.56 Å². The van der Waals surface area contributed by atoms with Crippen LogP contribution in [0.3, 0.4) is 0 Å². The van der Waals surface area contributed by atoms with Gasteiger partial charge in [-0.05, 0) is 41.5 Å². The second-order valence-corrected chi connectivity index (χ2v) is 6.94. The molecular weight excluding hydrogens is 436 g/mol. The number of nitrogens with zero attached hydrogens (tertiary/aromatic N) is 2. The van der Waals surface area contributed by atoms with Gasteiger partial charge in [-0.3, -0.25) is 20.1 Å². The van der Waals surface area contributed by atoms with Gasteiger partial charge in [0.1, 0.15) is 0 Å². The molecule has 0 saturated carbocycles. The molecule has 0 aliphatic heterocycles. The molecule has 1 unspecified atom stereocenters. The number of Topliss-reactive ketones (excluding diaryl/α,β-unsaturated/α-hetero) is 1. The van der Waals surface area contributed by atoms with Crippen molar-refractivity contribution in [2.24, 2.45) is 0 Å². The normalized spacial score (nSPS) is 13.1. The summed E-state index contributed by atoms with van der Waals surface area (Å²) in [7, 11) is 0. The fourth-order valence-electron chi connectivity index (χ4n) is 3.13. The van der Waals surface area contributed by atoms with Gasteiger partial charge in [-0.1, -0.05) is 18.2 Å². The highest BCUT2D eigenvalue weighted by Gasteiger charge is 2.37. The Balaban J connectivity index is 1.91. The van der Waals surface area contributed by atoms with Gasteiger partial charge in [0.25, 0.3) is 0 Å². The third-order valence-corrected chi connectivity index (χ3v) is 4.62. The zero-order valence-corrected chi connectivity index (χ0v) is 16.4.